The lowest BCUT2D eigenvalue weighted by Gasteiger charge is -2.38. The number of hydrogen-bond donors (Lipinski definition) is 1. The Morgan fingerprint density at radius 2 is 1.86 bits per heavy atom. The van der Waals surface area contributed by atoms with Gasteiger partial charge in [-0.25, -0.2) is 9.78 Å². The van der Waals surface area contributed by atoms with Gasteiger partial charge in [0.25, 0.3) is 0 Å². The number of methoxy groups -OCH3 is 1. The second-order valence-corrected chi connectivity index (χ2v) is 12.2. The average molecular weight is 616 g/mol. The van der Waals surface area contributed by atoms with Gasteiger partial charge in [0.2, 0.25) is 0 Å². The average Bonchev–Trinajstić information content (AvgIpc) is 3.48. The van der Waals surface area contributed by atoms with Crippen molar-refractivity contribution in [3.05, 3.63) is 53.3 Å². The predicted molar refractivity (Wildman–Crippen MR) is 151 cm³/mol. The Morgan fingerprint density at radius 1 is 1.12 bits per heavy atom. The van der Waals surface area contributed by atoms with Gasteiger partial charge in [-0.15, -0.1) is 13.2 Å². The Labute approximate surface area is 248 Å². The molecule has 13 heteroatoms. The van der Waals surface area contributed by atoms with Crippen molar-refractivity contribution in [3.63, 3.8) is 0 Å². The van der Waals surface area contributed by atoms with Crippen molar-refractivity contribution in [2.24, 2.45) is 0 Å². The molecule has 3 aliphatic rings. The molecule has 4 aromatic rings. The molecule has 2 atom stereocenters. The topological polar surface area (TPSA) is 107 Å². The highest BCUT2D eigenvalue weighted by Crippen LogP contribution is 2.47. The monoisotopic (exact) mass is 615 g/mol. The fraction of sp³-hybridized carbons (Fsp3) is 0.433. The first-order chi connectivity index (χ1) is 20.7. The van der Waals surface area contributed by atoms with E-state index in [0.29, 0.717) is 28.3 Å². The number of rotatable bonds is 9. The fourth-order valence-corrected chi connectivity index (χ4v) is 7.53. The minimum Gasteiger partial charge on any atom is -0.494 e. The van der Waals surface area contributed by atoms with Crippen molar-refractivity contribution in [2.45, 2.75) is 75.6 Å². The van der Waals surface area contributed by atoms with Crippen molar-refractivity contribution in [1.29, 1.82) is 0 Å². The molecule has 3 fully saturated rings. The third-order valence-corrected chi connectivity index (χ3v) is 9.44. The zero-order valence-corrected chi connectivity index (χ0v) is 23.9. The van der Waals surface area contributed by atoms with E-state index in [0.717, 1.165) is 48.4 Å². The van der Waals surface area contributed by atoms with Crippen LogP contribution in [0.15, 0.2) is 40.9 Å². The van der Waals surface area contributed by atoms with Gasteiger partial charge in [-0.05, 0) is 62.8 Å². The third kappa shape index (κ3) is 5.40. The summed E-state index contributed by atoms with van der Waals surface area (Å²) in [4.78, 5) is 18.8. The highest BCUT2D eigenvalue weighted by atomic mass is 32.1. The number of fused-ring (bicyclic) bond motifs is 3. The Balaban J connectivity index is 1.11. The SMILES string of the molecule is COc1cc(C(=O)O)cc2sc(N3[C@H]4CC[C@H]3CC(OCc3c(-c5ccccc5OC(F)(F)F)noc3C3CC3)C4)nc12. The van der Waals surface area contributed by atoms with Crippen LogP contribution in [0.5, 0.6) is 11.5 Å². The molecule has 0 radical (unpaired) electrons. The summed E-state index contributed by atoms with van der Waals surface area (Å²) in [7, 11) is 1.50. The third-order valence-electron chi connectivity index (χ3n) is 8.42. The summed E-state index contributed by atoms with van der Waals surface area (Å²) in [5, 5.41) is 14.5. The molecule has 2 aliphatic heterocycles. The zero-order chi connectivity index (χ0) is 29.9. The first-order valence-electron chi connectivity index (χ1n) is 14.1. The molecule has 0 amide bonds. The number of aromatic nitrogens is 2. The molecule has 2 bridgehead atoms. The summed E-state index contributed by atoms with van der Waals surface area (Å²) in [5.74, 6) is -0.0691. The van der Waals surface area contributed by atoms with Gasteiger partial charge in [-0.3, -0.25) is 0 Å². The van der Waals surface area contributed by atoms with Crippen LogP contribution in [0.3, 0.4) is 0 Å². The van der Waals surface area contributed by atoms with Gasteiger partial charge < -0.3 is 28.7 Å². The van der Waals surface area contributed by atoms with Crippen LogP contribution < -0.4 is 14.4 Å². The largest absolute Gasteiger partial charge is 0.573 e. The molecular formula is C30H28F3N3O6S. The maximum absolute atomic E-state index is 13.1. The number of carboxylic acids is 1. The molecule has 2 aromatic heterocycles. The molecule has 2 aromatic carbocycles. The normalized spacial score (nSPS) is 21.9. The summed E-state index contributed by atoms with van der Waals surface area (Å²) in [6.07, 6.45) is 0.451. The molecule has 9 nitrogen and oxygen atoms in total. The van der Waals surface area contributed by atoms with Crippen molar-refractivity contribution < 1.29 is 41.8 Å². The maximum Gasteiger partial charge on any atom is 0.573 e. The lowest BCUT2D eigenvalue weighted by Crippen LogP contribution is -2.45. The molecule has 1 N–H and O–H groups in total. The molecule has 0 spiro atoms. The highest BCUT2D eigenvalue weighted by Gasteiger charge is 2.43. The minimum absolute atomic E-state index is 0.0623. The van der Waals surface area contributed by atoms with E-state index in [1.165, 1.54) is 36.6 Å². The van der Waals surface area contributed by atoms with Crippen molar-refractivity contribution in [2.75, 3.05) is 12.0 Å². The first-order valence-corrected chi connectivity index (χ1v) is 15.0. The van der Waals surface area contributed by atoms with Crippen LogP contribution in [0.25, 0.3) is 21.5 Å². The summed E-state index contributed by atoms with van der Waals surface area (Å²) in [6.45, 7) is 0.172. The number of alkyl halides is 3. The van der Waals surface area contributed by atoms with Crippen LogP contribution >= 0.6 is 11.3 Å². The second-order valence-electron chi connectivity index (χ2n) is 11.2. The number of piperidine rings is 1. The molecule has 43 heavy (non-hydrogen) atoms. The number of aromatic carboxylic acids is 1. The van der Waals surface area contributed by atoms with Crippen LogP contribution in [0, 0.1) is 0 Å². The molecular weight excluding hydrogens is 587 g/mol. The van der Waals surface area contributed by atoms with E-state index in [1.54, 1.807) is 18.2 Å². The van der Waals surface area contributed by atoms with Gasteiger partial charge in [0, 0.05) is 29.1 Å². The van der Waals surface area contributed by atoms with E-state index in [2.05, 4.69) is 14.8 Å². The Bertz CT molecular complexity index is 1670. The van der Waals surface area contributed by atoms with Gasteiger partial charge in [0.05, 0.1) is 30.1 Å². The number of hydrogen-bond acceptors (Lipinski definition) is 9. The maximum atomic E-state index is 13.1. The summed E-state index contributed by atoms with van der Waals surface area (Å²) in [6, 6.07) is 9.45. The van der Waals surface area contributed by atoms with E-state index in [4.69, 9.17) is 19.0 Å². The highest BCUT2D eigenvalue weighted by molar-refractivity contribution is 7.22. The minimum atomic E-state index is -4.84. The summed E-state index contributed by atoms with van der Waals surface area (Å²) in [5.41, 5.74) is 1.99. The standard InChI is InChI=1S/C30H28F3N3O6S/c1-39-23-10-16(28(37)38)11-24-26(23)34-29(43-24)36-17-8-9-18(36)13-19(12-17)40-14-21-25(35-42-27(21)15-6-7-15)20-4-2-3-5-22(20)41-30(31,32)33/h2-5,10-11,15,17-19H,6-9,12-14H2,1H3,(H,37,38)/t17-,18-/m0/s1. The number of thiazole rings is 1. The Hall–Kier alpha value is -3.84. The lowest BCUT2D eigenvalue weighted by atomic mass is 10.00. The summed E-state index contributed by atoms with van der Waals surface area (Å²) < 4.78 is 62.0. The van der Waals surface area contributed by atoms with E-state index in [1.807, 2.05) is 0 Å². The van der Waals surface area contributed by atoms with Gasteiger partial charge >= 0.3 is 12.3 Å². The lowest BCUT2D eigenvalue weighted by molar-refractivity contribution is -0.274. The van der Waals surface area contributed by atoms with Crippen LogP contribution in [-0.2, 0) is 11.3 Å². The number of ether oxygens (including phenoxy) is 3. The van der Waals surface area contributed by atoms with E-state index in [9.17, 15) is 23.1 Å². The number of carbonyl (C=O) groups is 1. The molecule has 7 rings (SSSR count). The van der Waals surface area contributed by atoms with E-state index in [-0.39, 0.29) is 47.6 Å². The van der Waals surface area contributed by atoms with Crippen molar-refractivity contribution >= 4 is 32.7 Å². The Morgan fingerprint density at radius 3 is 2.53 bits per heavy atom. The second kappa shape index (κ2) is 10.7. The number of nitrogens with zero attached hydrogens (tertiary/aromatic N) is 3. The Kier molecular flexibility index (Phi) is 6.96. The predicted octanol–water partition coefficient (Wildman–Crippen LogP) is 7.15. The van der Waals surface area contributed by atoms with Crippen molar-refractivity contribution in [1.82, 2.24) is 10.1 Å². The van der Waals surface area contributed by atoms with Gasteiger partial charge in [0.15, 0.2) is 5.13 Å². The van der Waals surface area contributed by atoms with E-state index >= 15 is 0 Å². The van der Waals surface area contributed by atoms with Crippen LogP contribution in [0.2, 0.25) is 0 Å². The fourth-order valence-electron chi connectivity index (χ4n) is 6.37. The molecule has 1 saturated carbocycles. The van der Waals surface area contributed by atoms with Crippen molar-refractivity contribution in [3.8, 4) is 22.8 Å². The quantitative estimate of drug-likeness (QED) is 0.210. The molecule has 0 unspecified atom stereocenters. The molecule has 1 aliphatic carbocycles. The van der Waals surface area contributed by atoms with Crippen LogP contribution in [0.4, 0.5) is 18.3 Å². The van der Waals surface area contributed by atoms with Gasteiger partial charge in [-0.2, -0.15) is 0 Å². The van der Waals surface area contributed by atoms with E-state index < -0.39 is 12.3 Å². The van der Waals surface area contributed by atoms with Crippen LogP contribution in [-0.4, -0.2) is 52.9 Å². The zero-order valence-electron chi connectivity index (χ0n) is 23.1. The van der Waals surface area contributed by atoms with Gasteiger partial charge in [-0.1, -0.05) is 28.6 Å². The smallest absolute Gasteiger partial charge is 0.494 e. The molecule has 4 heterocycles. The number of anilines is 1. The van der Waals surface area contributed by atoms with Gasteiger partial charge in [0.1, 0.15) is 28.5 Å². The number of para-hydroxylation sites is 1. The molecule has 226 valence electrons. The number of halogens is 3. The first kappa shape index (κ1) is 28.0. The number of benzene rings is 2. The number of carboxylic acid groups (broad SMARTS) is 1. The molecule has 2 saturated heterocycles. The van der Waals surface area contributed by atoms with Crippen LogP contribution in [0.1, 0.15) is 66.1 Å². The summed E-state index contributed by atoms with van der Waals surface area (Å²) >= 11 is 1.46.